The van der Waals surface area contributed by atoms with Gasteiger partial charge >= 0.3 is 0 Å². The Morgan fingerprint density at radius 1 is 1.44 bits per heavy atom. The molecule has 2 aliphatic heterocycles. The molecular weight excluding hydrogens is 230 g/mol. The molecule has 2 heterocycles. The van der Waals surface area contributed by atoms with Gasteiger partial charge < -0.3 is 15.0 Å². The summed E-state index contributed by atoms with van der Waals surface area (Å²) < 4.78 is 5.47. The average molecular weight is 255 g/mol. The van der Waals surface area contributed by atoms with E-state index in [1.165, 1.54) is 6.42 Å². The quantitative estimate of drug-likeness (QED) is 0.754. The fourth-order valence-electron chi connectivity index (χ4n) is 2.70. The smallest absolute Gasteiger partial charge is 0.236 e. The maximum atomic E-state index is 12.1. The first-order valence-corrected chi connectivity index (χ1v) is 7.00. The molecule has 1 N–H and O–H groups in total. The molecule has 2 saturated heterocycles. The van der Waals surface area contributed by atoms with Crippen LogP contribution in [0.3, 0.4) is 0 Å². The molecule has 104 valence electrons. The number of nitrogens with one attached hydrogen (secondary N) is 1. The van der Waals surface area contributed by atoms with Gasteiger partial charge in [-0.3, -0.25) is 9.69 Å². The topological polar surface area (TPSA) is 44.8 Å². The molecule has 5 nitrogen and oxygen atoms in total. The highest BCUT2D eigenvalue weighted by molar-refractivity contribution is 5.78. The first kappa shape index (κ1) is 13.8. The second kappa shape index (κ2) is 7.07. The summed E-state index contributed by atoms with van der Waals surface area (Å²) in [4.78, 5) is 16.2. The van der Waals surface area contributed by atoms with Gasteiger partial charge in [0.05, 0.1) is 13.2 Å². The highest BCUT2D eigenvalue weighted by atomic mass is 16.5. The van der Waals surface area contributed by atoms with E-state index in [0.29, 0.717) is 12.5 Å². The van der Waals surface area contributed by atoms with Crippen LogP contribution in [0.4, 0.5) is 0 Å². The van der Waals surface area contributed by atoms with E-state index in [-0.39, 0.29) is 5.91 Å². The zero-order valence-electron chi connectivity index (χ0n) is 11.4. The number of ether oxygens (including phenoxy) is 1. The van der Waals surface area contributed by atoms with Gasteiger partial charge in [-0.15, -0.1) is 0 Å². The van der Waals surface area contributed by atoms with E-state index in [2.05, 4.69) is 10.2 Å². The monoisotopic (exact) mass is 255 g/mol. The summed E-state index contributed by atoms with van der Waals surface area (Å²) in [5.41, 5.74) is 0. The molecule has 0 bridgehead atoms. The minimum atomic E-state index is 0.260. The molecule has 2 rings (SSSR count). The van der Waals surface area contributed by atoms with Crippen LogP contribution in [-0.4, -0.2) is 75.2 Å². The van der Waals surface area contributed by atoms with Gasteiger partial charge in [0.25, 0.3) is 0 Å². The number of nitrogens with zero attached hydrogens (tertiary/aromatic N) is 2. The molecule has 0 aromatic carbocycles. The van der Waals surface area contributed by atoms with Crippen molar-refractivity contribution in [3.8, 4) is 0 Å². The Bertz CT molecular complexity index is 261. The predicted octanol–water partition coefficient (Wildman–Crippen LogP) is -0.223. The van der Waals surface area contributed by atoms with Gasteiger partial charge in [0.15, 0.2) is 0 Å². The lowest BCUT2D eigenvalue weighted by Gasteiger charge is -2.31. The molecule has 0 radical (unpaired) electrons. The van der Waals surface area contributed by atoms with Crippen LogP contribution >= 0.6 is 0 Å². The van der Waals surface area contributed by atoms with Crippen LogP contribution in [-0.2, 0) is 9.53 Å². The Hall–Kier alpha value is -0.650. The van der Waals surface area contributed by atoms with Gasteiger partial charge in [0, 0.05) is 39.3 Å². The number of carbonyl (C=O) groups is 1. The molecule has 5 heteroatoms. The SMILES string of the molecule is CN(CC(=O)N1CCNCC1)CC1CCCOC1. The van der Waals surface area contributed by atoms with E-state index in [1.807, 2.05) is 11.9 Å². The number of hydrogen-bond acceptors (Lipinski definition) is 4. The minimum Gasteiger partial charge on any atom is -0.381 e. The van der Waals surface area contributed by atoms with Gasteiger partial charge in [-0.2, -0.15) is 0 Å². The van der Waals surface area contributed by atoms with Gasteiger partial charge in [0.2, 0.25) is 5.91 Å². The van der Waals surface area contributed by atoms with Crippen molar-refractivity contribution in [1.29, 1.82) is 0 Å². The molecule has 2 fully saturated rings. The lowest BCUT2D eigenvalue weighted by molar-refractivity contribution is -0.132. The van der Waals surface area contributed by atoms with Crippen LogP contribution in [0.1, 0.15) is 12.8 Å². The van der Waals surface area contributed by atoms with Gasteiger partial charge in [-0.05, 0) is 25.8 Å². The molecule has 0 aliphatic carbocycles. The van der Waals surface area contributed by atoms with Gasteiger partial charge in [-0.25, -0.2) is 0 Å². The first-order chi connectivity index (χ1) is 8.75. The van der Waals surface area contributed by atoms with E-state index in [0.717, 1.165) is 52.4 Å². The lowest BCUT2D eigenvalue weighted by Crippen LogP contribution is -2.49. The summed E-state index contributed by atoms with van der Waals surface area (Å²) in [5, 5.41) is 3.26. The van der Waals surface area contributed by atoms with Crippen LogP contribution in [0, 0.1) is 5.92 Å². The highest BCUT2D eigenvalue weighted by Gasteiger charge is 2.20. The Labute approximate surface area is 109 Å². The highest BCUT2D eigenvalue weighted by Crippen LogP contribution is 2.14. The third kappa shape index (κ3) is 4.23. The second-order valence-corrected chi connectivity index (χ2v) is 5.41. The summed E-state index contributed by atoms with van der Waals surface area (Å²) in [6, 6.07) is 0. The summed E-state index contributed by atoms with van der Waals surface area (Å²) in [6.07, 6.45) is 2.39. The van der Waals surface area contributed by atoms with E-state index >= 15 is 0 Å². The molecule has 0 spiro atoms. The molecule has 0 aromatic rings. The molecule has 1 atom stereocenters. The van der Waals surface area contributed by atoms with Crippen LogP contribution < -0.4 is 5.32 Å². The molecule has 18 heavy (non-hydrogen) atoms. The molecule has 2 aliphatic rings. The number of rotatable bonds is 4. The van der Waals surface area contributed by atoms with Crippen molar-refractivity contribution in [2.24, 2.45) is 5.92 Å². The zero-order chi connectivity index (χ0) is 12.8. The summed E-state index contributed by atoms with van der Waals surface area (Å²) in [7, 11) is 2.04. The predicted molar refractivity (Wildman–Crippen MR) is 70.5 cm³/mol. The Morgan fingerprint density at radius 2 is 2.22 bits per heavy atom. The minimum absolute atomic E-state index is 0.260. The number of amides is 1. The lowest BCUT2D eigenvalue weighted by atomic mass is 10.0. The van der Waals surface area contributed by atoms with Crippen LogP contribution in [0.5, 0.6) is 0 Å². The van der Waals surface area contributed by atoms with Crippen molar-refractivity contribution in [1.82, 2.24) is 15.1 Å². The number of hydrogen-bond donors (Lipinski definition) is 1. The third-order valence-corrected chi connectivity index (χ3v) is 3.70. The fraction of sp³-hybridized carbons (Fsp3) is 0.923. The number of likely N-dealkylation sites (N-methyl/N-ethyl adjacent to an activating group) is 1. The van der Waals surface area contributed by atoms with Crippen LogP contribution in [0.15, 0.2) is 0 Å². The first-order valence-electron chi connectivity index (χ1n) is 7.00. The number of carbonyl (C=O) groups excluding carboxylic acids is 1. The molecule has 0 saturated carbocycles. The second-order valence-electron chi connectivity index (χ2n) is 5.41. The third-order valence-electron chi connectivity index (χ3n) is 3.70. The van der Waals surface area contributed by atoms with Crippen molar-refractivity contribution >= 4 is 5.91 Å². The summed E-state index contributed by atoms with van der Waals surface area (Å²) >= 11 is 0. The Morgan fingerprint density at radius 3 is 2.89 bits per heavy atom. The van der Waals surface area contributed by atoms with Crippen molar-refractivity contribution < 1.29 is 9.53 Å². The van der Waals surface area contributed by atoms with E-state index in [1.54, 1.807) is 0 Å². The normalized spacial score (nSPS) is 25.4. The molecule has 1 unspecified atom stereocenters. The number of piperazine rings is 1. The molecular formula is C13H25N3O2. The van der Waals surface area contributed by atoms with Crippen LogP contribution in [0.2, 0.25) is 0 Å². The standard InChI is InChI=1S/C13H25N3O2/c1-15(9-12-3-2-8-18-11-12)10-13(17)16-6-4-14-5-7-16/h12,14H,2-11H2,1H3. The zero-order valence-corrected chi connectivity index (χ0v) is 11.4. The van der Waals surface area contributed by atoms with Crippen LogP contribution in [0.25, 0.3) is 0 Å². The van der Waals surface area contributed by atoms with E-state index in [9.17, 15) is 4.79 Å². The van der Waals surface area contributed by atoms with Crippen molar-refractivity contribution in [2.45, 2.75) is 12.8 Å². The molecule has 1 amide bonds. The largest absolute Gasteiger partial charge is 0.381 e. The van der Waals surface area contributed by atoms with Crippen molar-refractivity contribution in [2.75, 3.05) is 59.5 Å². The van der Waals surface area contributed by atoms with Crippen molar-refractivity contribution in [3.05, 3.63) is 0 Å². The Kier molecular flexibility index (Phi) is 5.41. The molecule has 0 aromatic heterocycles. The van der Waals surface area contributed by atoms with Gasteiger partial charge in [0.1, 0.15) is 0 Å². The Balaban J connectivity index is 1.68. The van der Waals surface area contributed by atoms with Gasteiger partial charge in [-0.1, -0.05) is 0 Å². The summed E-state index contributed by atoms with van der Waals surface area (Å²) in [6.45, 7) is 6.80. The average Bonchev–Trinajstić information content (AvgIpc) is 2.40. The van der Waals surface area contributed by atoms with Crippen molar-refractivity contribution in [3.63, 3.8) is 0 Å². The van der Waals surface area contributed by atoms with E-state index < -0.39 is 0 Å². The fourth-order valence-corrected chi connectivity index (χ4v) is 2.70. The van der Waals surface area contributed by atoms with E-state index in [4.69, 9.17) is 4.74 Å². The maximum absolute atomic E-state index is 12.1. The maximum Gasteiger partial charge on any atom is 0.236 e. The summed E-state index contributed by atoms with van der Waals surface area (Å²) in [5.74, 6) is 0.857.